The number of esters is 1. The van der Waals surface area contributed by atoms with Crippen molar-refractivity contribution in [2.24, 2.45) is 0 Å². The molecule has 0 aliphatic rings. The fourth-order valence-corrected chi connectivity index (χ4v) is 3.11. The van der Waals surface area contributed by atoms with E-state index < -0.39 is 5.97 Å². The van der Waals surface area contributed by atoms with Crippen LogP contribution in [0.3, 0.4) is 0 Å². The van der Waals surface area contributed by atoms with Gasteiger partial charge in [0.2, 0.25) is 0 Å². The van der Waals surface area contributed by atoms with Gasteiger partial charge in [-0.15, -0.1) is 0 Å². The molecule has 6 nitrogen and oxygen atoms in total. The highest BCUT2D eigenvalue weighted by molar-refractivity contribution is 5.93. The molecule has 1 amide bonds. The molecule has 1 heterocycles. The van der Waals surface area contributed by atoms with Crippen LogP contribution in [-0.4, -0.2) is 23.6 Å². The number of carbonyl (C=O) groups excluding carboxylic acids is 2. The lowest BCUT2D eigenvalue weighted by Gasteiger charge is -2.16. The number of nitrogens with zero attached hydrogens (tertiary/aromatic N) is 1. The Balaban J connectivity index is 1.63. The zero-order valence-electron chi connectivity index (χ0n) is 15.6. The number of rotatable bonds is 6. The Morgan fingerprint density at radius 1 is 1.19 bits per heavy atom. The second-order valence-corrected chi connectivity index (χ2v) is 6.35. The average Bonchev–Trinajstić information content (AvgIpc) is 3.06. The molecule has 3 aromatic rings. The van der Waals surface area contributed by atoms with Crippen LogP contribution >= 0.6 is 0 Å². The summed E-state index contributed by atoms with van der Waals surface area (Å²) in [5.41, 5.74) is 1.84. The van der Waals surface area contributed by atoms with Gasteiger partial charge in [0.15, 0.2) is 6.61 Å². The molecule has 0 spiro atoms. The van der Waals surface area contributed by atoms with Crippen LogP contribution in [-0.2, 0) is 16.0 Å². The lowest BCUT2D eigenvalue weighted by molar-refractivity contribution is -0.124. The highest BCUT2D eigenvalue weighted by atomic mass is 16.5. The molecule has 0 saturated carbocycles. The van der Waals surface area contributed by atoms with E-state index in [1.54, 1.807) is 6.92 Å². The average molecular weight is 366 g/mol. The second-order valence-electron chi connectivity index (χ2n) is 6.35. The zero-order chi connectivity index (χ0) is 19.4. The highest BCUT2D eigenvalue weighted by Crippen LogP contribution is 2.24. The standard InChI is InChI=1S/C21H22N2O4/c1-4-18-20(14(3)27-23-18)21(25)26-12-19(24)22-13(2)16-11-7-9-15-8-5-6-10-17(15)16/h5-11,13H,4,12H2,1-3H3,(H,22,24)/t13-/m1/s1. The Bertz CT molecular complexity index is 972. The molecule has 0 unspecified atom stereocenters. The molecule has 0 bridgehead atoms. The van der Waals surface area contributed by atoms with E-state index in [4.69, 9.17) is 9.26 Å². The van der Waals surface area contributed by atoms with Crippen LogP contribution in [0.4, 0.5) is 0 Å². The molecule has 1 N–H and O–H groups in total. The Morgan fingerprint density at radius 2 is 1.93 bits per heavy atom. The fraction of sp³-hybridized carbons (Fsp3) is 0.286. The van der Waals surface area contributed by atoms with Gasteiger partial charge in [0, 0.05) is 0 Å². The number of fused-ring (bicyclic) bond motifs is 1. The van der Waals surface area contributed by atoms with Crippen LogP contribution in [0.5, 0.6) is 0 Å². The van der Waals surface area contributed by atoms with Crippen molar-refractivity contribution in [1.29, 1.82) is 0 Å². The number of aryl methyl sites for hydroxylation is 2. The monoisotopic (exact) mass is 366 g/mol. The molecule has 0 aliphatic heterocycles. The van der Waals surface area contributed by atoms with Crippen molar-refractivity contribution < 1.29 is 18.8 Å². The molecular formula is C21H22N2O4. The van der Waals surface area contributed by atoms with Crippen molar-refractivity contribution in [2.75, 3.05) is 6.61 Å². The number of aromatic nitrogens is 1. The summed E-state index contributed by atoms with van der Waals surface area (Å²) in [6.07, 6.45) is 0.548. The van der Waals surface area contributed by atoms with E-state index >= 15 is 0 Å². The third-order valence-corrected chi connectivity index (χ3v) is 4.47. The minimum Gasteiger partial charge on any atom is -0.452 e. The Kier molecular flexibility index (Phi) is 5.54. The van der Waals surface area contributed by atoms with Crippen molar-refractivity contribution in [1.82, 2.24) is 10.5 Å². The maximum Gasteiger partial charge on any atom is 0.344 e. The third-order valence-electron chi connectivity index (χ3n) is 4.47. The molecule has 1 aromatic heterocycles. The summed E-state index contributed by atoms with van der Waals surface area (Å²) in [5.74, 6) is -0.573. The van der Waals surface area contributed by atoms with Crippen LogP contribution in [0.15, 0.2) is 47.0 Å². The quantitative estimate of drug-likeness (QED) is 0.672. The van der Waals surface area contributed by atoms with Gasteiger partial charge in [0.05, 0.1) is 11.7 Å². The van der Waals surface area contributed by atoms with E-state index in [1.165, 1.54) is 0 Å². The molecule has 0 saturated heterocycles. The van der Waals surface area contributed by atoms with Gasteiger partial charge in [0.1, 0.15) is 11.3 Å². The van der Waals surface area contributed by atoms with Crippen molar-refractivity contribution in [2.45, 2.75) is 33.2 Å². The second kappa shape index (κ2) is 8.03. The SMILES string of the molecule is CCc1noc(C)c1C(=O)OCC(=O)N[C@H](C)c1cccc2ccccc12. The molecule has 0 radical (unpaired) electrons. The molecular weight excluding hydrogens is 344 g/mol. The van der Waals surface area contributed by atoms with Gasteiger partial charge in [-0.05, 0) is 36.6 Å². The molecule has 27 heavy (non-hydrogen) atoms. The summed E-state index contributed by atoms with van der Waals surface area (Å²) in [6, 6.07) is 13.7. The third kappa shape index (κ3) is 4.00. The van der Waals surface area contributed by atoms with Crippen LogP contribution in [0.25, 0.3) is 10.8 Å². The van der Waals surface area contributed by atoms with Gasteiger partial charge in [-0.1, -0.05) is 54.5 Å². The Labute approximate surface area is 157 Å². The van der Waals surface area contributed by atoms with Crippen molar-refractivity contribution >= 4 is 22.6 Å². The maximum absolute atomic E-state index is 12.2. The van der Waals surface area contributed by atoms with E-state index in [2.05, 4.69) is 10.5 Å². The first-order valence-electron chi connectivity index (χ1n) is 8.90. The van der Waals surface area contributed by atoms with Gasteiger partial charge in [-0.2, -0.15) is 0 Å². The number of ether oxygens (including phenoxy) is 1. The number of hydrogen-bond acceptors (Lipinski definition) is 5. The Hall–Kier alpha value is -3.15. The van der Waals surface area contributed by atoms with E-state index in [-0.39, 0.29) is 18.6 Å². The van der Waals surface area contributed by atoms with Crippen LogP contribution < -0.4 is 5.32 Å². The zero-order valence-corrected chi connectivity index (χ0v) is 15.6. The van der Waals surface area contributed by atoms with Gasteiger partial charge >= 0.3 is 5.97 Å². The number of carbonyl (C=O) groups is 2. The normalized spacial score (nSPS) is 12.0. The van der Waals surface area contributed by atoms with Gasteiger partial charge in [0.25, 0.3) is 5.91 Å². The molecule has 3 rings (SSSR count). The summed E-state index contributed by atoms with van der Waals surface area (Å²) in [6.45, 7) is 5.06. The molecule has 2 aromatic carbocycles. The topological polar surface area (TPSA) is 81.4 Å². The summed E-state index contributed by atoms with van der Waals surface area (Å²) in [4.78, 5) is 24.5. The first-order valence-corrected chi connectivity index (χ1v) is 8.90. The van der Waals surface area contributed by atoms with E-state index in [0.29, 0.717) is 23.4 Å². The lowest BCUT2D eigenvalue weighted by Crippen LogP contribution is -2.31. The molecule has 140 valence electrons. The summed E-state index contributed by atoms with van der Waals surface area (Å²) in [5, 5.41) is 8.89. The van der Waals surface area contributed by atoms with Crippen LogP contribution in [0.2, 0.25) is 0 Å². The smallest absolute Gasteiger partial charge is 0.344 e. The van der Waals surface area contributed by atoms with E-state index in [1.807, 2.05) is 56.3 Å². The molecule has 1 atom stereocenters. The minimum atomic E-state index is -0.599. The van der Waals surface area contributed by atoms with Crippen molar-refractivity contribution in [3.8, 4) is 0 Å². The molecule has 0 fully saturated rings. The fourth-order valence-electron chi connectivity index (χ4n) is 3.11. The van der Waals surface area contributed by atoms with Crippen molar-refractivity contribution in [3.05, 3.63) is 65.0 Å². The Morgan fingerprint density at radius 3 is 2.70 bits per heavy atom. The number of nitrogens with one attached hydrogen (secondary N) is 1. The molecule has 6 heteroatoms. The summed E-state index contributed by atoms with van der Waals surface area (Å²) in [7, 11) is 0. The first-order chi connectivity index (χ1) is 13.0. The number of amides is 1. The first kappa shape index (κ1) is 18.6. The van der Waals surface area contributed by atoms with Gasteiger partial charge in [-0.25, -0.2) is 4.79 Å². The number of benzene rings is 2. The van der Waals surface area contributed by atoms with E-state index in [0.717, 1.165) is 16.3 Å². The predicted molar refractivity (Wildman–Crippen MR) is 101 cm³/mol. The lowest BCUT2D eigenvalue weighted by atomic mass is 10.00. The van der Waals surface area contributed by atoms with Crippen molar-refractivity contribution in [3.63, 3.8) is 0 Å². The largest absolute Gasteiger partial charge is 0.452 e. The van der Waals surface area contributed by atoms with Crippen LogP contribution in [0, 0.1) is 6.92 Å². The predicted octanol–water partition coefficient (Wildman–Crippen LogP) is 3.73. The minimum absolute atomic E-state index is 0.217. The van der Waals surface area contributed by atoms with Gasteiger partial charge < -0.3 is 14.6 Å². The maximum atomic E-state index is 12.2. The summed E-state index contributed by atoms with van der Waals surface area (Å²) < 4.78 is 10.2. The van der Waals surface area contributed by atoms with Gasteiger partial charge in [-0.3, -0.25) is 4.79 Å². The summed E-state index contributed by atoms with van der Waals surface area (Å²) >= 11 is 0. The van der Waals surface area contributed by atoms with Crippen LogP contribution in [0.1, 0.15) is 47.3 Å². The molecule has 0 aliphatic carbocycles. The highest BCUT2D eigenvalue weighted by Gasteiger charge is 2.22. The number of hydrogen-bond donors (Lipinski definition) is 1. The van der Waals surface area contributed by atoms with E-state index in [9.17, 15) is 9.59 Å².